The van der Waals surface area contributed by atoms with E-state index in [9.17, 15) is 0 Å². The Kier molecular flexibility index (Phi) is 7.69. The van der Waals surface area contributed by atoms with Crippen molar-refractivity contribution in [2.75, 3.05) is 7.05 Å². The first-order valence-corrected chi connectivity index (χ1v) is 9.45. The fourth-order valence-corrected chi connectivity index (χ4v) is 2.93. The summed E-state index contributed by atoms with van der Waals surface area (Å²) >= 11 is 1.64. The van der Waals surface area contributed by atoms with Crippen LogP contribution in [0.1, 0.15) is 60.1 Å². The van der Waals surface area contributed by atoms with Crippen LogP contribution in [-0.2, 0) is 0 Å². The van der Waals surface area contributed by atoms with Crippen molar-refractivity contribution in [3.05, 3.63) is 22.6 Å². The molecule has 0 radical (unpaired) electrons. The first-order chi connectivity index (χ1) is 11.0. The highest BCUT2D eigenvalue weighted by molar-refractivity contribution is 7.13. The van der Waals surface area contributed by atoms with Gasteiger partial charge in [0.2, 0.25) is 0 Å². The van der Waals surface area contributed by atoms with E-state index >= 15 is 0 Å². The molecule has 0 bridgehead atoms. The van der Waals surface area contributed by atoms with Gasteiger partial charge in [0.25, 0.3) is 0 Å². The second kappa shape index (κ2) is 9.02. The molecule has 0 fully saturated rings. The molecule has 2 heterocycles. The average Bonchev–Trinajstić information content (AvgIpc) is 2.85. The van der Waals surface area contributed by atoms with Crippen molar-refractivity contribution in [3.63, 3.8) is 0 Å². The zero-order chi connectivity index (χ0) is 17.5. The van der Waals surface area contributed by atoms with Gasteiger partial charge in [0, 0.05) is 24.9 Å². The van der Waals surface area contributed by atoms with Crippen molar-refractivity contribution in [1.82, 2.24) is 4.57 Å². The van der Waals surface area contributed by atoms with Crippen LogP contribution in [0, 0.1) is 11.3 Å². The Labute approximate surface area is 145 Å². The number of thiazole rings is 1. The lowest BCUT2D eigenvalue weighted by Gasteiger charge is -2.16. The number of hydrogen-bond acceptors (Lipinski definition) is 3. The van der Waals surface area contributed by atoms with Crippen LogP contribution in [-0.4, -0.2) is 17.8 Å². The average molecular weight is 334 g/mol. The highest BCUT2D eigenvalue weighted by atomic mass is 32.1. The largest absolute Gasteiger partial charge is 0.291 e. The second-order valence-corrected chi connectivity index (χ2v) is 6.80. The van der Waals surface area contributed by atoms with Crippen LogP contribution in [0.15, 0.2) is 22.1 Å². The predicted molar refractivity (Wildman–Crippen MR) is 106 cm³/mol. The Hall–Kier alpha value is -1.42. The second-order valence-electron chi connectivity index (χ2n) is 5.85. The van der Waals surface area contributed by atoms with Gasteiger partial charge in [-0.25, -0.2) is 4.99 Å². The SMILES string of the molecule is CC.CCC(C)/C=C\n1c2c(sc1=NC)N=CC(C)(CC)C=C2. The van der Waals surface area contributed by atoms with Gasteiger partial charge in [-0.15, -0.1) is 0 Å². The molecule has 128 valence electrons. The molecular weight excluding hydrogens is 302 g/mol. The summed E-state index contributed by atoms with van der Waals surface area (Å²) in [5, 5.41) is 1.04. The Bertz CT molecular complexity index is 646. The van der Waals surface area contributed by atoms with Crippen LogP contribution in [0.5, 0.6) is 0 Å². The molecule has 0 saturated carbocycles. The van der Waals surface area contributed by atoms with E-state index in [1.54, 1.807) is 11.3 Å². The highest BCUT2D eigenvalue weighted by Gasteiger charge is 2.20. The van der Waals surface area contributed by atoms with E-state index in [1.807, 2.05) is 20.9 Å². The minimum atomic E-state index is 0.0422. The molecule has 1 aromatic rings. The maximum absolute atomic E-state index is 4.70. The van der Waals surface area contributed by atoms with Crippen LogP contribution in [0.4, 0.5) is 5.00 Å². The van der Waals surface area contributed by atoms with Crippen molar-refractivity contribution in [2.45, 2.75) is 54.4 Å². The molecule has 2 atom stereocenters. The number of nitrogens with zero attached hydrogens (tertiary/aromatic N) is 3. The predicted octanol–water partition coefficient (Wildman–Crippen LogP) is 5.77. The molecule has 23 heavy (non-hydrogen) atoms. The molecule has 3 nitrogen and oxygen atoms in total. The summed E-state index contributed by atoms with van der Waals surface area (Å²) in [6.07, 6.45) is 13.1. The Morgan fingerprint density at radius 3 is 2.65 bits per heavy atom. The third-order valence-corrected chi connectivity index (χ3v) is 5.20. The van der Waals surface area contributed by atoms with Crippen molar-refractivity contribution < 1.29 is 0 Å². The molecule has 4 heteroatoms. The van der Waals surface area contributed by atoms with E-state index in [0.717, 1.165) is 28.3 Å². The van der Waals surface area contributed by atoms with Crippen molar-refractivity contribution >= 4 is 34.8 Å². The quantitative estimate of drug-likeness (QED) is 0.669. The Balaban J connectivity index is 0.00000127. The number of rotatable bonds is 4. The molecule has 0 spiro atoms. The van der Waals surface area contributed by atoms with Gasteiger partial charge in [-0.1, -0.05) is 71.5 Å². The normalized spacial score (nSPS) is 21.8. The number of hydrogen-bond donors (Lipinski definition) is 0. The number of allylic oxidation sites excluding steroid dienone is 2. The van der Waals surface area contributed by atoms with Crippen LogP contribution >= 0.6 is 11.3 Å². The maximum Gasteiger partial charge on any atom is 0.191 e. The molecule has 0 aromatic carbocycles. The molecule has 1 aliphatic rings. The van der Waals surface area contributed by atoms with Gasteiger partial charge in [0.1, 0.15) is 5.00 Å². The first kappa shape index (κ1) is 19.6. The summed E-state index contributed by atoms with van der Waals surface area (Å²) in [6, 6.07) is 0. The van der Waals surface area contributed by atoms with E-state index in [4.69, 9.17) is 4.99 Å². The van der Waals surface area contributed by atoms with E-state index in [1.165, 1.54) is 0 Å². The molecule has 1 aromatic heterocycles. The van der Waals surface area contributed by atoms with Crippen LogP contribution < -0.4 is 4.80 Å². The smallest absolute Gasteiger partial charge is 0.191 e. The summed E-state index contributed by atoms with van der Waals surface area (Å²) in [6.45, 7) is 12.8. The summed E-state index contributed by atoms with van der Waals surface area (Å²) in [4.78, 5) is 10.1. The third-order valence-electron chi connectivity index (χ3n) is 4.13. The van der Waals surface area contributed by atoms with Gasteiger partial charge in [0.05, 0.1) is 5.69 Å². The number of fused-ring (bicyclic) bond motifs is 1. The number of aliphatic imine (C=N–C) groups is 1. The number of aromatic nitrogens is 1. The zero-order valence-corrected chi connectivity index (χ0v) is 16.4. The first-order valence-electron chi connectivity index (χ1n) is 8.64. The highest BCUT2D eigenvalue weighted by Crippen LogP contribution is 2.32. The lowest BCUT2D eigenvalue weighted by molar-refractivity contribution is 0.590. The Morgan fingerprint density at radius 1 is 1.39 bits per heavy atom. The minimum absolute atomic E-state index is 0.0422. The summed E-state index contributed by atoms with van der Waals surface area (Å²) in [5.41, 5.74) is 1.18. The van der Waals surface area contributed by atoms with E-state index in [2.05, 4.69) is 67.9 Å². The van der Waals surface area contributed by atoms with Gasteiger partial charge >= 0.3 is 0 Å². The van der Waals surface area contributed by atoms with Crippen molar-refractivity contribution in [1.29, 1.82) is 0 Å². The van der Waals surface area contributed by atoms with E-state index < -0.39 is 0 Å². The van der Waals surface area contributed by atoms with Crippen molar-refractivity contribution in [3.8, 4) is 0 Å². The molecule has 0 aliphatic carbocycles. The fraction of sp³-hybridized carbons (Fsp3) is 0.579. The maximum atomic E-state index is 4.70. The monoisotopic (exact) mass is 333 g/mol. The summed E-state index contributed by atoms with van der Waals surface area (Å²) in [7, 11) is 1.84. The molecule has 2 rings (SSSR count). The molecule has 0 N–H and O–H groups in total. The van der Waals surface area contributed by atoms with Crippen LogP contribution in [0.2, 0.25) is 0 Å². The zero-order valence-electron chi connectivity index (χ0n) is 15.6. The van der Waals surface area contributed by atoms with Crippen LogP contribution in [0.25, 0.3) is 12.3 Å². The molecule has 2 unspecified atom stereocenters. The third kappa shape index (κ3) is 4.77. The Morgan fingerprint density at radius 2 is 2.09 bits per heavy atom. The molecule has 0 saturated heterocycles. The van der Waals surface area contributed by atoms with E-state index in [0.29, 0.717) is 5.92 Å². The topological polar surface area (TPSA) is 29.6 Å². The van der Waals surface area contributed by atoms with E-state index in [-0.39, 0.29) is 5.41 Å². The van der Waals surface area contributed by atoms with Gasteiger partial charge in [0.15, 0.2) is 4.80 Å². The van der Waals surface area contributed by atoms with Crippen LogP contribution in [0.3, 0.4) is 0 Å². The van der Waals surface area contributed by atoms with Gasteiger partial charge in [-0.05, 0) is 18.4 Å². The standard InChI is InChI=1S/C17H25N3S.C2H6/c1-6-13(3)9-11-20-14-8-10-17(4,7-2)12-19-15(14)21-16(20)18-5;1-2/h8-13H,6-7H2,1-5H3;1-2H3/b11-9-,18-16?;. The summed E-state index contributed by atoms with van der Waals surface area (Å²) in [5.74, 6) is 0.567. The molecule has 1 aliphatic heterocycles. The van der Waals surface area contributed by atoms with Gasteiger partial charge in [-0.2, -0.15) is 0 Å². The summed E-state index contributed by atoms with van der Waals surface area (Å²) < 4.78 is 2.15. The minimum Gasteiger partial charge on any atom is -0.291 e. The fourth-order valence-electron chi connectivity index (χ4n) is 2.03. The molecule has 0 amide bonds. The van der Waals surface area contributed by atoms with Gasteiger partial charge < -0.3 is 0 Å². The van der Waals surface area contributed by atoms with Crippen molar-refractivity contribution in [2.24, 2.45) is 21.3 Å². The van der Waals surface area contributed by atoms with Gasteiger partial charge in [-0.3, -0.25) is 9.56 Å². The molecular formula is C19H31N3S. The lowest BCUT2D eigenvalue weighted by atomic mass is 9.89. The lowest BCUT2D eigenvalue weighted by Crippen LogP contribution is -2.13.